The standard InChI is InChI=1S/C9H12O.C7H15N.C2H6/c1-2-4-8-5-3-6-9(10)7-8;1-2-6-8-7-4-3-5-7;1-2/h3,5-7,10H,2,4H2,1H3;7-8H,2-6H2,1H3;1-2H3. The molecule has 2 rings (SSSR count). The molecule has 0 aromatic heterocycles. The number of aryl methyl sites for hydroxylation is 1. The van der Waals surface area contributed by atoms with Gasteiger partial charge in [-0.2, -0.15) is 0 Å². The molecule has 0 unspecified atom stereocenters. The zero-order valence-corrected chi connectivity index (χ0v) is 13.8. The predicted octanol–water partition coefficient (Wildman–Crippen LogP) is 4.91. The maximum Gasteiger partial charge on any atom is 0.115 e. The van der Waals surface area contributed by atoms with Gasteiger partial charge in [-0.05, 0) is 49.9 Å². The van der Waals surface area contributed by atoms with Gasteiger partial charge in [-0.15, -0.1) is 0 Å². The third kappa shape index (κ3) is 8.98. The number of hydrogen-bond donors (Lipinski definition) is 2. The highest BCUT2D eigenvalue weighted by molar-refractivity contribution is 5.26. The molecule has 0 heterocycles. The van der Waals surface area contributed by atoms with E-state index in [-0.39, 0.29) is 0 Å². The first-order chi connectivity index (χ1) is 9.76. The topological polar surface area (TPSA) is 32.3 Å². The van der Waals surface area contributed by atoms with Gasteiger partial charge in [0.2, 0.25) is 0 Å². The second kappa shape index (κ2) is 13.0. The Kier molecular flexibility index (Phi) is 12.3. The Morgan fingerprint density at radius 2 is 1.85 bits per heavy atom. The maximum atomic E-state index is 9.04. The predicted molar refractivity (Wildman–Crippen MR) is 89.4 cm³/mol. The number of nitrogens with one attached hydrogen (secondary N) is 1. The monoisotopic (exact) mass is 279 g/mol. The van der Waals surface area contributed by atoms with Crippen LogP contribution in [0.1, 0.15) is 65.4 Å². The molecule has 1 saturated carbocycles. The third-order valence-corrected chi connectivity index (χ3v) is 3.24. The molecule has 1 aliphatic carbocycles. The second-order valence-corrected chi connectivity index (χ2v) is 5.00. The van der Waals surface area contributed by atoms with E-state index < -0.39 is 0 Å². The smallest absolute Gasteiger partial charge is 0.115 e. The summed E-state index contributed by atoms with van der Waals surface area (Å²) < 4.78 is 0. The van der Waals surface area contributed by atoms with Gasteiger partial charge in [-0.25, -0.2) is 0 Å². The number of phenolic OH excluding ortho intramolecular Hbond substituents is 1. The molecule has 20 heavy (non-hydrogen) atoms. The fourth-order valence-corrected chi connectivity index (χ4v) is 1.96. The molecular weight excluding hydrogens is 246 g/mol. The average molecular weight is 279 g/mol. The van der Waals surface area contributed by atoms with Crippen LogP contribution < -0.4 is 5.32 Å². The first-order valence-corrected chi connectivity index (χ1v) is 8.27. The summed E-state index contributed by atoms with van der Waals surface area (Å²) in [5, 5.41) is 12.5. The van der Waals surface area contributed by atoms with Crippen molar-refractivity contribution in [3.63, 3.8) is 0 Å². The molecular formula is C18H33NO. The zero-order valence-electron chi connectivity index (χ0n) is 13.8. The largest absolute Gasteiger partial charge is 0.508 e. The number of benzene rings is 1. The summed E-state index contributed by atoms with van der Waals surface area (Å²) in [7, 11) is 0. The van der Waals surface area contributed by atoms with Crippen molar-refractivity contribution in [2.45, 2.75) is 72.3 Å². The molecule has 0 bridgehead atoms. The quantitative estimate of drug-likeness (QED) is 0.802. The lowest BCUT2D eigenvalue weighted by molar-refractivity contribution is 0.341. The van der Waals surface area contributed by atoms with Crippen LogP contribution in [0.15, 0.2) is 24.3 Å². The lowest BCUT2D eigenvalue weighted by Crippen LogP contribution is -2.35. The van der Waals surface area contributed by atoms with Crippen molar-refractivity contribution in [1.82, 2.24) is 5.32 Å². The van der Waals surface area contributed by atoms with Gasteiger partial charge in [-0.3, -0.25) is 0 Å². The molecule has 0 amide bonds. The van der Waals surface area contributed by atoms with E-state index in [1.165, 1.54) is 37.8 Å². The van der Waals surface area contributed by atoms with Crippen LogP contribution in [0.3, 0.4) is 0 Å². The molecule has 0 aliphatic heterocycles. The summed E-state index contributed by atoms with van der Waals surface area (Å²) in [5.41, 5.74) is 1.21. The molecule has 1 aromatic carbocycles. The number of phenols is 1. The minimum Gasteiger partial charge on any atom is -0.508 e. The van der Waals surface area contributed by atoms with E-state index in [9.17, 15) is 0 Å². The molecule has 1 fully saturated rings. The van der Waals surface area contributed by atoms with Gasteiger partial charge in [0.1, 0.15) is 5.75 Å². The van der Waals surface area contributed by atoms with Gasteiger partial charge in [0, 0.05) is 6.04 Å². The molecule has 2 N–H and O–H groups in total. The Hall–Kier alpha value is -1.02. The summed E-state index contributed by atoms with van der Waals surface area (Å²) >= 11 is 0. The molecule has 2 nitrogen and oxygen atoms in total. The van der Waals surface area contributed by atoms with Crippen LogP contribution in [0.2, 0.25) is 0 Å². The van der Waals surface area contributed by atoms with Crippen LogP contribution in [-0.4, -0.2) is 17.7 Å². The van der Waals surface area contributed by atoms with E-state index in [1.54, 1.807) is 6.07 Å². The fourth-order valence-electron chi connectivity index (χ4n) is 1.96. The van der Waals surface area contributed by atoms with Gasteiger partial charge >= 0.3 is 0 Å². The van der Waals surface area contributed by atoms with Crippen LogP contribution in [0, 0.1) is 0 Å². The van der Waals surface area contributed by atoms with E-state index in [0.29, 0.717) is 5.75 Å². The van der Waals surface area contributed by atoms with Crippen molar-refractivity contribution in [2.75, 3.05) is 6.54 Å². The summed E-state index contributed by atoms with van der Waals surface area (Å²) in [6, 6.07) is 8.29. The van der Waals surface area contributed by atoms with Gasteiger partial charge in [0.15, 0.2) is 0 Å². The Bertz CT molecular complexity index is 321. The summed E-state index contributed by atoms with van der Waals surface area (Å²) in [5.74, 6) is 0.367. The highest BCUT2D eigenvalue weighted by Crippen LogP contribution is 2.17. The number of hydrogen-bond acceptors (Lipinski definition) is 2. The Balaban J connectivity index is 0.000000327. The van der Waals surface area contributed by atoms with Crippen molar-refractivity contribution in [3.05, 3.63) is 29.8 Å². The van der Waals surface area contributed by atoms with Crippen molar-refractivity contribution < 1.29 is 5.11 Å². The lowest BCUT2D eigenvalue weighted by Gasteiger charge is -2.26. The molecule has 0 saturated heterocycles. The Labute approximate surface area is 125 Å². The Morgan fingerprint density at radius 3 is 2.30 bits per heavy atom. The van der Waals surface area contributed by atoms with Crippen molar-refractivity contribution in [1.29, 1.82) is 0 Å². The van der Waals surface area contributed by atoms with Crippen LogP contribution in [0.5, 0.6) is 5.75 Å². The van der Waals surface area contributed by atoms with E-state index in [4.69, 9.17) is 5.11 Å². The van der Waals surface area contributed by atoms with Gasteiger partial charge in [0.05, 0.1) is 0 Å². The average Bonchev–Trinajstić information content (AvgIpc) is 2.41. The summed E-state index contributed by atoms with van der Waals surface area (Å²) in [6.45, 7) is 9.56. The fraction of sp³-hybridized carbons (Fsp3) is 0.667. The van der Waals surface area contributed by atoms with Gasteiger partial charge in [-0.1, -0.05) is 52.7 Å². The molecule has 116 valence electrons. The van der Waals surface area contributed by atoms with E-state index in [2.05, 4.69) is 19.2 Å². The highest BCUT2D eigenvalue weighted by atomic mass is 16.3. The normalized spacial score (nSPS) is 13.4. The number of rotatable bonds is 5. The van der Waals surface area contributed by atoms with E-state index >= 15 is 0 Å². The SMILES string of the molecule is CC.CCCNC1CCC1.CCCc1cccc(O)c1. The first kappa shape index (κ1) is 19.0. The molecule has 2 heteroatoms. The van der Waals surface area contributed by atoms with Crippen LogP contribution in [-0.2, 0) is 6.42 Å². The van der Waals surface area contributed by atoms with Gasteiger partial charge < -0.3 is 10.4 Å². The minimum atomic E-state index is 0.367. The first-order valence-electron chi connectivity index (χ1n) is 8.27. The van der Waals surface area contributed by atoms with E-state index in [1.807, 2.05) is 32.0 Å². The summed E-state index contributed by atoms with van der Waals surface area (Å²) in [6.07, 6.45) is 7.73. The van der Waals surface area contributed by atoms with Crippen LogP contribution in [0.25, 0.3) is 0 Å². The molecule has 1 aromatic rings. The highest BCUT2D eigenvalue weighted by Gasteiger charge is 2.14. The second-order valence-electron chi connectivity index (χ2n) is 5.00. The zero-order chi connectivity index (χ0) is 15.2. The molecule has 0 spiro atoms. The lowest BCUT2D eigenvalue weighted by atomic mass is 9.93. The van der Waals surface area contributed by atoms with Crippen molar-refractivity contribution in [3.8, 4) is 5.75 Å². The maximum absolute atomic E-state index is 9.04. The number of aromatic hydroxyl groups is 1. The third-order valence-electron chi connectivity index (χ3n) is 3.24. The van der Waals surface area contributed by atoms with Crippen molar-refractivity contribution in [2.24, 2.45) is 0 Å². The molecule has 0 atom stereocenters. The molecule has 1 aliphatic rings. The Morgan fingerprint density at radius 1 is 1.15 bits per heavy atom. The molecule has 0 radical (unpaired) electrons. The summed E-state index contributed by atoms with van der Waals surface area (Å²) in [4.78, 5) is 0. The van der Waals surface area contributed by atoms with Gasteiger partial charge in [0.25, 0.3) is 0 Å². The van der Waals surface area contributed by atoms with Crippen molar-refractivity contribution >= 4 is 0 Å². The van der Waals surface area contributed by atoms with Crippen LogP contribution >= 0.6 is 0 Å². The van der Waals surface area contributed by atoms with Crippen LogP contribution in [0.4, 0.5) is 0 Å². The van der Waals surface area contributed by atoms with E-state index in [0.717, 1.165) is 18.9 Å². The minimum absolute atomic E-state index is 0.367.